The van der Waals surface area contributed by atoms with Crippen LogP contribution in [0, 0.1) is 0 Å². The Hall–Kier alpha value is -1.65. The lowest BCUT2D eigenvalue weighted by Gasteiger charge is -2.36. The Balaban J connectivity index is 0.00000289. The van der Waals surface area contributed by atoms with E-state index in [-0.39, 0.29) is 24.0 Å². The number of nitrogens with zero attached hydrogens (tertiary/aromatic N) is 5. The summed E-state index contributed by atoms with van der Waals surface area (Å²) in [5.41, 5.74) is 3.73. The van der Waals surface area contributed by atoms with Crippen molar-refractivity contribution in [1.29, 1.82) is 0 Å². The van der Waals surface area contributed by atoms with Crippen LogP contribution >= 0.6 is 24.0 Å². The molecule has 2 saturated heterocycles. The first-order chi connectivity index (χ1) is 15.3. The molecule has 0 aliphatic carbocycles. The largest absolute Gasteiger partial charge is 0.364 e. The number of hydrogen-bond donors (Lipinski definition) is 1. The summed E-state index contributed by atoms with van der Waals surface area (Å²) < 4.78 is 4.94. The van der Waals surface area contributed by atoms with Crippen LogP contribution in [-0.2, 0) is 19.6 Å². The van der Waals surface area contributed by atoms with Crippen LogP contribution in [0.1, 0.15) is 42.5 Å². The molecule has 2 aliphatic rings. The van der Waals surface area contributed by atoms with E-state index in [1.54, 1.807) is 6.26 Å². The fourth-order valence-corrected chi connectivity index (χ4v) is 4.57. The molecule has 2 fully saturated rings. The van der Waals surface area contributed by atoms with Crippen LogP contribution in [0.25, 0.3) is 0 Å². The van der Waals surface area contributed by atoms with Crippen molar-refractivity contribution in [3.05, 3.63) is 53.4 Å². The Labute approximate surface area is 209 Å². The summed E-state index contributed by atoms with van der Waals surface area (Å²) in [5, 5.41) is 7.60. The zero-order valence-electron chi connectivity index (χ0n) is 19.2. The van der Waals surface area contributed by atoms with E-state index in [4.69, 9.17) is 4.52 Å². The second kappa shape index (κ2) is 13.2. The fraction of sp³-hybridized carbons (Fsp3) is 0.583. The number of piperazine rings is 1. The Morgan fingerprint density at radius 1 is 0.938 bits per heavy atom. The van der Waals surface area contributed by atoms with Gasteiger partial charge >= 0.3 is 0 Å². The molecule has 0 saturated carbocycles. The monoisotopic (exact) mass is 552 g/mol. The number of aromatic nitrogens is 1. The predicted octanol–water partition coefficient (Wildman–Crippen LogP) is 3.56. The number of guanidine groups is 1. The normalized spacial score (nSPS) is 18.8. The second-order valence-electron chi connectivity index (χ2n) is 8.67. The van der Waals surface area contributed by atoms with Crippen molar-refractivity contribution < 1.29 is 4.52 Å². The maximum absolute atomic E-state index is 4.94. The Morgan fingerprint density at radius 3 is 2.34 bits per heavy atom. The van der Waals surface area contributed by atoms with E-state index < -0.39 is 0 Å². The molecule has 4 rings (SSSR count). The SMILES string of the molecule is CN=C(NCc1cccc(CN2CCCCCC2)c1)N1CCN(Cc2ccon2)CC1.I. The van der Waals surface area contributed by atoms with Crippen LogP contribution < -0.4 is 5.32 Å². The first-order valence-electron chi connectivity index (χ1n) is 11.7. The molecular formula is C24H37IN6O. The maximum atomic E-state index is 4.94. The van der Waals surface area contributed by atoms with Gasteiger partial charge in [-0.05, 0) is 37.1 Å². The smallest absolute Gasteiger partial charge is 0.194 e. The number of halogens is 1. The van der Waals surface area contributed by atoms with Gasteiger partial charge in [0.25, 0.3) is 0 Å². The van der Waals surface area contributed by atoms with Gasteiger partial charge in [0, 0.05) is 58.9 Å². The minimum Gasteiger partial charge on any atom is -0.364 e. The molecule has 32 heavy (non-hydrogen) atoms. The van der Waals surface area contributed by atoms with E-state index in [1.165, 1.54) is 49.9 Å². The number of aliphatic imine (C=N–C) groups is 1. The highest BCUT2D eigenvalue weighted by molar-refractivity contribution is 14.0. The zero-order chi connectivity index (χ0) is 21.3. The van der Waals surface area contributed by atoms with Gasteiger partial charge < -0.3 is 14.7 Å². The van der Waals surface area contributed by atoms with E-state index in [2.05, 4.69) is 54.4 Å². The zero-order valence-corrected chi connectivity index (χ0v) is 21.5. The standard InChI is InChI=1S/C24H36N6O.HI/c1-25-24(30-14-12-29(13-15-30)20-23-9-16-31-27-23)26-18-21-7-6-8-22(17-21)19-28-10-4-2-3-5-11-28;/h6-9,16-17H,2-5,10-15,18-20H2,1H3,(H,25,26);1H. The molecule has 2 aromatic rings. The van der Waals surface area contributed by atoms with Crippen LogP contribution in [-0.4, -0.2) is 72.1 Å². The molecule has 0 unspecified atom stereocenters. The van der Waals surface area contributed by atoms with Crippen molar-refractivity contribution in [3.63, 3.8) is 0 Å². The Bertz CT molecular complexity index is 812. The highest BCUT2D eigenvalue weighted by Gasteiger charge is 2.20. The molecule has 0 radical (unpaired) electrons. The van der Waals surface area contributed by atoms with Gasteiger partial charge in [-0.1, -0.05) is 42.3 Å². The number of likely N-dealkylation sites (tertiary alicyclic amines) is 1. The molecule has 3 heterocycles. The molecule has 2 aliphatic heterocycles. The highest BCUT2D eigenvalue weighted by Crippen LogP contribution is 2.14. The molecule has 1 aromatic heterocycles. The number of benzene rings is 1. The lowest BCUT2D eigenvalue weighted by atomic mass is 10.1. The van der Waals surface area contributed by atoms with E-state index in [0.29, 0.717) is 0 Å². The van der Waals surface area contributed by atoms with Gasteiger partial charge in [-0.3, -0.25) is 14.8 Å². The van der Waals surface area contributed by atoms with Crippen LogP contribution in [0.3, 0.4) is 0 Å². The molecule has 7 nitrogen and oxygen atoms in total. The third-order valence-corrected chi connectivity index (χ3v) is 6.31. The van der Waals surface area contributed by atoms with Gasteiger partial charge in [0.1, 0.15) is 6.26 Å². The van der Waals surface area contributed by atoms with E-state index in [9.17, 15) is 0 Å². The summed E-state index contributed by atoms with van der Waals surface area (Å²) in [7, 11) is 1.87. The predicted molar refractivity (Wildman–Crippen MR) is 139 cm³/mol. The minimum atomic E-state index is 0. The van der Waals surface area contributed by atoms with Gasteiger partial charge in [0.05, 0.1) is 5.69 Å². The highest BCUT2D eigenvalue weighted by atomic mass is 127. The van der Waals surface area contributed by atoms with Crippen LogP contribution in [0.4, 0.5) is 0 Å². The van der Waals surface area contributed by atoms with E-state index in [0.717, 1.165) is 57.5 Å². The van der Waals surface area contributed by atoms with E-state index >= 15 is 0 Å². The first-order valence-corrected chi connectivity index (χ1v) is 11.7. The summed E-state index contributed by atoms with van der Waals surface area (Å²) in [4.78, 5) is 11.9. The third kappa shape index (κ3) is 7.45. The quantitative estimate of drug-likeness (QED) is 0.336. The molecular weight excluding hydrogens is 515 g/mol. The van der Waals surface area contributed by atoms with Gasteiger partial charge in [-0.2, -0.15) is 0 Å². The summed E-state index contributed by atoms with van der Waals surface area (Å²) in [5.74, 6) is 0.985. The summed E-state index contributed by atoms with van der Waals surface area (Å²) in [6.45, 7) is 9.11. The van der Waals surface area contributed by atoms with Crippen molar-refractivity contribution in [2.45, 2.75) is 45.3 Å². The Kier molecular flexibility index (Phi) is 10.3. The fourth-order valence-electron chi connectivity index (χ4n) is 4.57. The number of rotatable bonds is 6. The molecule has 0 spiro atoms. The topological polar surface area (TPSA) is 60.1 Å². The molecule has 0 bridgehead atoms. The van der Waals surface area contributed by atoms with Gasteiger partial charge in [-0.15, -0.1) is 24.0 Å². The molecule has 0 atom stereocenters. The van der Waals surface area contributed by atoms with Crippen LogP contribution in [0.5, 0.6) is 0 Å². The van der Waals surface area contributed by atoms with Crippen molar-refractivity contribution in [3.8, 4) is 0 Å². The molecule has 1 aromatic carbocycles. The Morgan fingerprint density at radius 2 is 1.66 bits per heavy atom. The third-order valence-electron chi connectivity index (χ3n) is 6.31. The van der Waals surface area contributed by atoms with Gasteiger partial charge in [0.2, 0.25) is 0 Å². The lowest BCUT2D eigenvalue weighted by molar-refractivity contribution is 0.169. The summed E-state index contributed by atoms with van der Waals surface area (Å²) in [6, 6.07) is 10.9. The lowest BCUT2D eigenvalue weighted by Crippen LogP contribution is -2.52. The van der Waals surface area contributed by atoms with Gasteiger partial charge in [0.15, 0.2) is 5.96 Å². The summed E-state index contributed by atoms with van der Waals surface area (Å²) in [6.07, 6.45) is 7.08. The van der Waals surface area contributed by atoms with E-state index in [1.807, 2.05) is 13.1 Å². The van der Waals surface area contributed by atoms with Crippen LogP contribution in [0.15, 0.2) is 46.1 Å². The average molecular weight is 553 g/mol. The molecule has 8 heteroatoms. The summed E-state index contributed by atoms with van der Waals surface area (Å²) >= 11 is 0. The maximum Gasteiger partial charge on any atom is 0.194 e. The van der Waals surface area contributed by atoms with Crippen LogP contribution in [0.2, 0.25) is 0 Å². The first kappa shape index (κ1) is 25.0. The van der Waals surface area contributed by atoms with Gasteiger partial charge in [-0.25, -0.2) is 0 Å². The van der Waals surface area contributed by atoms with Crippen molar-refractivity contribution >= 4 is 29.9 Å². The minimum absolute atomic E-state index is 0. The van der Waals surface area contributed by atoms with Crippen molar-refractivity contribution in [1.82, 2.24) is 25.2 Å². The molecule has 176 valence electrons. The number of hydrogen-bond acceptors (Lipinski definition) is 5. The van der Waals surface area contributed by atoms with Crippen molar-refractivity contribution in [2.75, 3.05) is 46.3 Å². The van der Waals surface area contributed by atoms with Crippen molar-refractivity contribution in [2.24, 2.45) is 4.99 Å². The molecule has 0 amide bonds. The average Bonchev–Trinajstić information content (AvgIpc) is 3.17. The second-order valence-corrected chi connectivity index (χ2v) is 8.67. The number of nitrogens with one attached hydrogen (secondary N) is 1. The molecule has 1 N–H and O–H groups in total.